The fraction of sp³-hybridized carbons (Fsp3) is 0.286. The molecule has 28 heavy (non-hydrogen) atoms. The van der Waals surface area contributed by atoms with Crippen LogP contribution in [0.4, 0.5) is 10.6 Å². The van der Waals surface area contributed by atoms with Crippen molar-refractivity contribution in [3.63, 3.8) is 0 Å². The number of hydrogen-bond acceptors (Lipinski definition) is 4. The number of rotatable bonds is 5. The van der Waals surface area contributed by atoms with E-state index in [1.165, 1.54) is 0 Å². The lowest BCUT2D eigenvalue weighted by atomic mass is 10.1. The maximum atomic E-state index is 11.9. The Hall–Kier alpha value is -2.86. The van der Waals surface area contributed by atoms with Gasteiger partial charge >= 0.3 is 6.03 Å². The third kappa shape index (κ3) is 5.33. The van der Waals surface area contributed by atoms with Gasteiger partial charge in [-0.1, -0.05) is 41.9 Å². The topological polar surface area (TPSA) is 78.9 Å². The third-order valence-electron chi connectivity index (χ3n) is 3.88. The fourth-order valence-electron chi connectivity index (χ4n) is 2.70. The van der Waals surface area contributed by atoms with Gasteiger partial charge in [-0.2, -0.15) is 0 Å². The van der Waals surface area contributed by atoms with E-state index < -0.39 is 0 Å². The van der Waals surface area contributed by atoms with E-state index in [1.54, 1.807) is 0 Å². The van der Waals surface area contributed by atoms with E-state index in [1.807, 2.05) is 69.3 Å². The molecule has 0 bridgehead atoms. The van der Waals surface area contributed by atoms with Crippen molar-refractivity contribution >= 4 is 34.4 Å². The van der Waals surface area contributed by atoms with Crippen molar-refractivity contribution in [3.05, 3.63) is 53.6 Å². The van der Waals surface area contributed by atoms with Crippen LogP contribution in [0.2, 0.25) is 5.02 Å². The quantitative estimate of drug-likeness (QED) is 0.555. The van der Waals surface area contributed by atoms with E-state index in [0.29, 0.717) is 29.8 Å². The highest BCUT2D eigenvalue weighted by molar-refractivity contribution is 6.31. The zero-order chi connectivity index (χ0) is 20.1. The second-order valence-electron chi connectivity index (χ2n) is 7.48. The minimum absolute atomic E-state index is 0.196. The molecule has 0 unspecified atom stereocenters. The zero-order valence-corrected chi connectivity index (χ0v) is 17.0. The molecule has 2 aromatic carbocycles. The standard InChI is InChI=1S/C21H24ClN5O/c1-21(2,3)27-20(28)24-12-11-23-19-16-10-9-15(22)13-17(16)25-18(26-19)14-7-5-4-6-8-14/h4-10,13H,11-12H2,1-3H3,(H,23,25,26)(H2,24,27,28). The predicted octanol–water partition coefficient (Wildman–Crippen LogP) is 4.46. The molecule has 2 amide bonds. The van der Waals surface area contributed by atoms with Crippen molar-refractivity contribution < 1.29 is 4.79 Å². The summed E-state index contributed by atoms with van der Waals surface area (Å²) in [5.41, 5.74) is 1.42. The molecule has 0 fully saturated rings. The van der Waals surface area contributed by atoms with Crippen LogP contribution in [0.25, 0.3) is 22.3 Å². The molecule has 3 rings (SSSR count). The van der Waals surface area contributed by atoms with Crippen molar-refractivity contribution in [3.8, 4) is 11.4 Å². The Balaban J connectivity index is 1.77. The Morgan fingerprint density at radius 1 is 1.04 bits per heavy atom. The molecule has 1 heterocycles. The van der Waals surface area contributed by atoms with Gasteiger partial charge in [-0.15, -0.1) is 0 Å². The number of aromatic nitrogens is 2. The van der Waals surface area contributed by atoms with Gasteiger partial charge in [0.1, 0.15) is 5.82 Å². The minimum atomic E-state index is -0.274. The number of hydrogen-bond donors (Lipinski definition) is 3. The number of halogens is 1. The number of nitrogens with zero attached hydrogens (tertiary/aromatic N) is 2. The normalized spacial score (nSPS) is 11.3. The van der Waals surface area contributed by atoms with Crippen molar-refractivity contribution in [2.24, 2.45) is 0 Å². The summed E-state index contributed by atoms with van der Waals surface area (Å²) in [6, 6.07) is 15.1. The van der Waals surface area contributed by atoms with E-state index >= 15 is 0 Å². The highest BCUT2D eigenvalue weighted by atomic mass is 35.5. The van der Waals surface area contributed by atoms with Gasteiger partial charge in [0.05, 0.1) is 5.52 Å². The van der Waals surface area contributed by atoms with Gasteiger partial charge in [0, 0.05) is 34.6 Å². The summed E-state index contributed by atoms with van der Waals surface area (Å²) < 4.78 is 0. The molecule has 0 saturated carbocycles. The van der Waals surface area contributed by atoms with Crippen LogP contribution in [0.1, 0.15) is 20.8 Å². The Labute approximate surface area is 169 Å². The van der Waals surface area contributed by atoms with E-state index in [9.17, 15) is 4.79 Å². The van der Waals surface area contributed by atoms with E-state index in [0.717, 1.165) is 16.5 Å². The molecule has 0 radical (unpaired) electrons. The van der Waals surface area contributed by atoms with Gasteiger partial charge in [0.2, 0.25) is 0 Å². The minimum Gasteiger partial charge on any atom is -0.368 e. The number of carbonyl (C=O) groups is 1. The smallest absolute Gasteiger partial charge is 0.315 e. The molecule has 0 saturated heterocycles. The monoisotopic (exact) mass is 397 g/mol. The van der Waals surface area contributed by atoms with E-state index in [4.69, 9.17) is 11.6 Å². The van der Waals surface area contributed by atoms with Crippen molar-refractivity contribution in [1.29, 1.82) is 0 Å². The second-order valence-corrected chi connectivity index (χ2v) is 7.92. The highest BCUT2D eigenvalue weighted by Gasteiger charge is 2.13. The molecule has 0 aliphatic carbocycles. The summed E-state index contributed by atoms with van der Waals surface area (Å²) in [6.07, 6.45) is 0. The molecule has 3 aromatic rings. The first-order valence-corrected chi connectivity index (χ1v) is 9.52. The number of fused-ring (bicyclic) bond motifs is 1. The summed E-state index contributed by atoms with van der Waals surface area (Å²) in [6.45, 7) is 6.80. The molecule has 7 heteroatoms. The van der Waals surface area contributed by atoms with Gasteiger partial charge < -0.3 is 16.0 Å². The molecule has 0 aliphatic heterocycles. The summed E-state index contributed by atoms with van der Waals surface area (Å²) in [4.78, 5) is 21.2. The fourth-order valence-corrected chi connectivity index (χ4v) is 2.86. The average molecular weight is 398 g/mol. The van der Waals surface area contributed by atoms with Gasteiger partial charge in [-0.3, -0.25) is 0 Å². The summed E-state index contributed by atoms with van der Waals surface area (Å²) >= 11 is 6.15. The van der Waals surface area contributed by atoms with Crippen LogP contribution in [0.15, 0.2) is 48.5 Å². The average Bonchev–Trinajstić information content (AvgIpc) is 2.64. The summed E-state index contributed by atoms with van der Waals surface area (Å²) in [7, 11) is 0. The molecule has 0 aliphatic rings. The van der Waals surface area contributed by atoms with Gasteiger partial charge in [-0.05, 0) is 39.0 Å². The Kier molecular flexibility index (Phi) is 5.99. The first kappa shape index (κ1) is 19.9. The number of nitrogens with one attached hydrogen (secondary N) is 3. The predicted molar refractivity (Wildman–Crippen MR) is 115 cm³/mol. The van der Waals surface area contributed by atoms with Crippen LogP contribution in [0.5, 0.6) is 0 Å². The lowest BCUT2D eigenvalue weighted by Gasteiger charge is -2.20. The number of urea groups is 1. The number of amides is 2. The molecular formula is C21H24ClN5O. The van der Waals surface area contributed by atoms with Crippen LogP contribution < -0.4 is 16.0 Å². The number of carbonyl (C=O) groups excluding carboxylic acids is 1. The Morgan fingerprint density at radius 2 is 1.79 bits per heavy atom. The van der Waals surface area contributed by atoms with Crippen molar-refractivity contribution in [2.75, 3.05) is 18.4 Å². The summed E-state index contributed by atoms with van der Waals surface area (Å²) in [5.74, 6) is 1.33. The van der Waals surface area contributed by atoms with Crippen molar-refractivity contribution in [1.82, 2.24) is 20.6 Å². The molecule has 146 valence electrons. The molecule has 0 atom stereocenters. The molecule has 6 nitrogen and oxygen atoms in total. The number of anilines is 1. The highest BCUT2D eigenvalue weighted by Crippen LogP contribution is 2.26. The SMILES string of the molecule is CC(C)(C)NC(=O)NCCNc1nc(-c2ccccc2)nc2cc(Cl)ccc12. The van der Waals surface area contributed by atoms with Crippen LogP contribution in [-0.2, 0) is 0 Å². The van der Waals surface area contributed by atoms with E-state index in [2.05, 4.69) is 25.9 Å². The second kappa shape index (κ2) is 8.44. The largest absolute Gasteiger partial charge is 0.368 e. The third-order valence-corrected chi connectivity index (χ3v) is 4.12. The first-order chi connectivity index (χ1) is 13.3. The lowest BCUT2D eigenvalue weighted by Crippen LogP contribution is -2.47. The van der Waals surface area contributed by atoms with Crippen LogP contribution in [-0.4, -0.2) is 34.6 Å². The van der Waals surface area contributed by atoms with Crippen LogP contribution >= 0.6 is 11.6 Å². The van der Waals surface area contributed by atoms with Gasteiger partial charge in [0.25, 0.3) is 0 Å². The molecular weight excluding hydrogens is 374 g/mol. The van der Waals surface area contributed by atoms with Crippen molar-refractivity contribution in [2.45, 2.75) is 26.3 Å². The molecule has 0 spiro atoms. The zero-order valence-electron chi connectivity index (χ0n) is 16.2. The molecule has 1 aromatic heterocycles. The van der Waals surface area contributed by atoms with Crippen LogP contribution in [0.3, 0.4) is 0 Å². The van der Waals surface area contributed by atoms with Gasteiger partial charge in [0.15, 0.2) is 5.82 Å². The first-order valence-electron chi connectivity index (χ1n) is 9.14. The maximum absolute atomic E-state index is 11.9. The molecule has 3 N–H and O–H groups in total. The van der Waals surface area contributed by atoms with Crippen LogP contribution in [0, 0.1) is 0 Å². The lowest BCUT2D eigenvalue weighted by molar-refractivity contribution is 0.232. The van der Waals surface area contributed by atoms with Gasteiger partial charge in [-0.25, -0.2) is 14.8 Å². The Bertz CT molecular complexity index is 970. The number of benzene rings is 2. The summed E-state index contributed by atoms with van der Waals surface area (Å²) in [5, 5.41) is 10.5. The Morgan fingerprint density at radius 3 is 2.50 bits per heavy atom. The van der Waals surface area contributed by atoms with E-state index in [-0.39, 0.29) is 11.6 Å². The maximum Gasteiger partial charge on any atom is 0.315 e.